The molecule has 0 spiro atoms. The largest absolute Gasteiger partial charge is 0.367 e. The van der Waals surface area contributed by atoms with Crippen molar-refractivity contribution in [3.63, 3.8) is 0 Å². The summed E-state index contributed by atoms with van der Waals surface area (Å²) in [5.41, 5.74) is 6.89. The summed E-state index contributed by atoms with van der Waals surface area (Å²) in [4.78, 5) is 19.6. The predicted octanol–water partition coefficient (Wildman–Crippen LogP) is 6.53. The van der Waals surface area contributed by atoms with Crippen molar-refractivity contribution in [1.29, 1.82) is 0 Å². The van der Waals surface area contributed by atoms with Gasteiger partial charge in [0.25, 0.3) is 5.91 Å². The van der Waals surface area contributed by atoms with Crippen LogP contribution in [0.5, 0.6) is 0 Å². The topological polar surface area (TPSA) is 95.5 Å². The highest BCUT2D eigenvalue weighted by Crippen LogP contribution is 2.23. The minimum absolute atomic E-state index is 0.0924. The zero-order valence-corrected chi connectivity index (χ0v) is 26.7. The first-order valence-corrected chi connectivity index (χ1v) is 15.9. The minimum Gasteiger partial charge on any atom is -0.367 e. The Morgan fingerprint density at radius 3 is 1.21 bits per heavy atom. The molecule has 4 atom stereocenters. The second-order valence-electron chi connectivity index (χ2n) is 11.2. The van der Waals surface area contributed by atoms with Gasteiger partial charge in [-0.1, -0.05) is 152 Å². The third-order valence-corrected chi connectivity index (χ3v) is 7.52. The lowest BCUT2D eigenvalue weighted by Crippen LogP contribution is -2.54. The van der Waals surface area contributed by atoms with E-state index in [1.54, 1.807) is 0 Å². The Morgan fingerprint density at radius 1 is 0.458 bits per heavy atom. The molecule has 0 radical (unpaired) electrons. The van der Waals surface area contributed by atoms with Crippen LogP contribution >= 0.6 is 0 Å². The first-order valence-electron chi connectivity index (χ1n) is 15.9. The van der Waals surface area contributed by atoms with Crippen molar-refractivity contribution in [2.24, 2.45) is 0 Å². The summed E-state index contributed by atoms with van der Waals surface area (Å²) < 4.78 is 25.2. The molecular formula is C40H41NO7. The van der Waals surface area contributed by atoms with Crippen molar-refractivity contribution >= 4 is 5.91 Å². The fraction of sp³-hybridized carbons (Fsp3) is 0.225. The van der Waals surface area contributed by atoms with Gasteiger partial charge in [0.1, 0.15) is 12.2 Å². The van der Waals surface area contributed by atoms with Crippen LogP contribution in [0.3, 0.4) is 0 Å². The average Bonchev–Trinajstić information content (AvgIpc) is 3.15. The molecule has 5 rings (SSSR count). The molecule has 0 aliphatic heterocycles. The van der Waals surface area contributed by atoms with E-state index >= 15 is 0 Å². The molecular weight excluding hydrogens is 606 g/mol. The van der Waals surface area contributed by atoms with Crippen LogP contribution in [-0.2, 0) is 61.6 Å². The molecule has 2 N–H and O–H groups in total. The molecule has 5 aromatic rings. The van der Waals surface area contributed by atoms with E-state index < -0.39 is 30.5 Å². The van der Waals surface area contributed by atoms with E-state index in [0.29, 0.717) is 0 Å². The number of nitrogens with one attached hydrogen (secondary N) is 1. The Kier molecular flexibility index (Phi) is 13.9. The van der Waals surface area contributed by atoms with Gasteiger partial charge in [-0.15, -0.1) is 0 Å². The van der Waals surface area contributed by atoms with Gasteiger partial charge in [-0.2, -0.15) is 0 Å². The quantitative estimate of drug-likeness (QED) is 0.0778. The Morgan fingerprint density at radius 2 is 0.792 bits per heavy atom. The lowest BCUT2D eigenvalue weighted by atomic mass is 10.0. The van der Waals surface area contributed by atoms with Crippen molar-refractivity contribution in [1.82, 2.24) is 5.48 Å². The molecule has 8 nitrogen and oxygen atoms in total. The highest BCUT2D eigenvalue weighted by Gasteiger charge is 2.41. The molecule has 0 aromatic heterocycles. The molecule has 0 aliphatic rings. The summed E-state index contributed by atoms with van der Waals surface area (Å²) in [5.74, 6) is -0.594. The number of carbonyl (C=O) groups excluding carboxylic acids is 1. The summed E-state index contributed by atoms with van der Waals surface area (Å²) in [6, 6.07) is 47.6. The van der Waals surface area contributed by atoms with Crippen molar-refractivity contribution in [2.45, 2.75) is 57.6 Å². The van der Waals surface area contributed by atoms with Crippen LogP contribution in [0.1, 0.15) is 27.8 Å². The predicted molar refractivity (Wildman–Crippen MR) is 182 cm³/mol. The Hall–Kier alpha value is -4.67. The van der Waals surface area contributed by atoms with Gasteiger partial charge in [0.15, 0.2) is 12.4 Å². The number of rotatable bonds is 19. The smallest absolute Gasteiger partial charge is 0.275 e. The molecule has 8 heteroatoms. The zero-order valence-electron chi connectivity index (χ0n) is 26.7. The maximum absolute atomic E-state index is 14.0. The van der Waals surface area contributed by atoms with Crippen molar-refractivity contribution in [2.75, 3.05) is 0 Å². The zero-order chi connectivity index (χ0) is 33.2. The van der Waals surface area contributed by atoms with Crippen LogP contribution in [-0.4, -0.2) is 35.6 Å². The number of amides is 1. The van der Waals surface area contributed by atoms with E-state index in [-0.39, 0.29) is 33.0 Å². The van der Waals surface area contributed by atoms with Crippen LogP contribution in [0, 0.1) is 0 Å². The van der Waals surface area contributed by atoms with E-state index in [1.165, 1.54) is 0 Å². The number of ether oxygens (including phenoxy) is 4. The molecule has 0 unspecified atom stereocenters. The standard InChI is InChI=1S/C40H41NO7/c42-39(41-48-30-35-24-14-5-15-25-35)37(45-27-32-18-8-2-9-19-32)36(44-26-31-16-6-1-7-17-31)38(46-28-33-20-10-3-11-21-33)40(43)47-29-34-22-12-4-13-23-34/h1-25,36-38,40,43H,26-30H2,(H,41,42)/t36-,37-,38-,40-/m1/s1. The van der Waals surface area contributed by atoms with Gasteiger partial charge >= 0.3 is 0 Å². The van der Waals surface area contributed by atoms with Gasteiger partial charge in [0.2, 0.25) is 0 Å². The fourth-order valence-electron chi connectivity index (χ4n) is 4.98. The number of benzene rings is 5. The molecule has 0 fully saturated rings. The summed E-state index contributed by atoms with van der Waals surface area (Å²) in [6.45, 7) is 0.589. The third-order valence-electron chi connectivity index (χ3n) is 7.52. The van der Waals surface area contributed by atoms with E-state index in [9.17, 15) is 9.90 Å². The monoisotopic (exact) mass is 647 g/mol. The van der Waals surface area contributed by atoms with E-state index in [4.69, 9.17) is 23.8 Å². The number of hydrogen-bond acceptors (Lipinski definition) is 7. The SMILES string of the molecule is O=C(NOCc1ccccc1)[C@H](OCc1ccccc1)[C@@H](OCc1ccccc1)[C@@H](OCc1ccccc1)[C@H](O)OCc1ccccc1. The fourth-order valence-corrected chi connectivity index (χ4v) is 4.98. The van der Waals surface area contributed by atoms with Crippen LogP contribution < -0.4 is 5.48 Å². The van der Waals surface area contributed by atoms with Crippen LogP contribution in [0.25, 0.3) is 0 Å². The highest BCUT2D eigenvalue weighted by molar-refractivity contribution is 5.80. The van der Waals surface area contributed by atoms with Crippen molar-refractivity contribution < 1.29 is 33.7 Å². The molecule has 0 aliphatic carbocycles. The van der Waals surface area contributed by atoms with Gasteiger partial charge in [-0.05, 0) is 27.8 Å². The maximum atomic E-state index is 14.0. The summed E-state index contributed by atoms with van der Waals surface area (Å²) in [6.07, 6.45) is -5.06. The summed E-state index contributed by atoms with van der Waals surface area (Å²) in [7, 11) is 0. The first-order chi connectivity index (χ1) is 23.7. The molecule has 5 aromatic carbocycles. The Balaban J connectivity index is 1.44. The van der Waals surface area contributed by atoms with Crippen molar-refractivity contribution in [3.05, 3.63) is 179 Å². The average molecular weight is 648 g/mol. The summed E-state index contributed by atoms with van der Waals surface area (Å²) >= 11 is 0. The summed E-state index contributed by atoms with van der Waals surface area (Å²) in [5, 5.41) is 11.6. The number of carbonyl (C=O) groups is 1. The van der Waals surface area contributed by atoms with E-state index in [0.717, 1.165) is 27.8 Å². The second-order valence-corrected chi connectivity index (χ2v) is 11.2. The van der Waals surface area contributed by atoms with Crippen molar-refractivity contribution in [3.8, 4) is 0 Å². The lowest BCUT2D eigenvalue weighted by molar-refractivity contribution is -0.242. The maximum Gasteiger partial charge on any atom is 0.275 e. The number of hydrogen-bond donors (Lipinski definition) is 2. The van der Waals surface area contributed by atoms with Gasteiger partial charge in [-0.25, -0.2) is 5.48 Å². The molecule has 1 amide bonds. The third kappa shape index (κ3) is 11.2. The molecule has 248 valence electrons. The highest BCUT2D eigenvalue weighted by atomic mass is 16.7. The number of hydroxylamine groups is 1. The Labute approximate surface area is 281 Å². The number of aliphatic hydroxyl groups excluding tert-OH is 1. The van der Waals surface area contributed by atoms with Gasteiger partial charge < -0.3 is 24.1 Å². The molecule has 0 saturated carbocycles. The number of aliphatic hydroxyl groups is 1. The molecule has 0 bridgehead atoms. The lowest BCUT2D eigenvalue weighted by Gasteiger charge is -2.35. The Bertz CT molecular complexity index is 1590. The van der Waals surface area contributed by atoms with Crippen LogP contribution in [0.15, 0.2) is 152 Å². The van der Waals surface area contributed by atoms with E-state index in [2.05, 4.69) is 5.48 Å². The first kappa shape index (κ1) is 34.7. The van der Waals surface area contributed by atoms with Gasteiger partial charge in [0, 0.05) is 0 Å². The van der Waals surface area contributed by atoms with Crippen LogP contribution in [0.2, 0.25) is 0 Å². The molecule has 0 heterocycles. The molecule has 0 saturated heterocycles. The van der Waals surface area contributed by atoms with Crippen LogP contribution in [0.4, 0.5) is 0 Å². The van der Waals surface area contributed by atoms with E-state index in [1.807, 2.05) is 152 Å². The van der Waals surface area contributed by atoms with Gasteiger partial charge in [-0.3, -0.25) is 9.63 Å². The van der Waals surface area contributed by atoms with Gasteiger partial charge in [0.05, 0.1) is 33.0 Å². The minimum atomic E-state index is -1.49. The molecule has 48 heavy (non-hydrogen) atoms. The second kappa shape index (κ2) is 19.2. The normalized spacial score (nSPS) is 13.7.